The maximum Gasteiger partial charge on any atom is 0.248 e. The van der Waals surface area contributed by atoms with E-state index in [2.05, 4.69) is 5.32 Å². The number of halogens is 1. The molecule has 0 spiro atoms. The fraction of sp³-hybridized carbons (Fsp3) is 0.278. The van der Waals surface area contributed by atoms with E-state index in [0.717, 1.165) is 16.1 Å². The van der Waals surface area contributed by atoms with Gasteiger partial charge >= 0.3 is 0 Å². The van der Waals surface area contributed by atoms with Crippen molar-refractivity contribution in [3.63, 3.8) is 0 Å². The Labute approximate surface area is 158 Å². The first kappa shape index (κ1) is 20.1. The van der Waals surface area contributed by atoms with Gasteiger partial charge in [0, 0.05) is 5.02 Å². The van der Waals surface area contributed by atoms with E-state index in [0.29, 0.717) is 22.1 Å². The van der Waals surface area contributed by atoms with Crippen molar-refractivity contribution >= 4 is 38.9 Å². The SMILES string of the molecule is COc1ccc(C)cc1NC(=O)C(C)N(c1ccc(Cl)cc1)S(C)(=O)=O. The van der Waals surface area contributed by atoms with E-state index >= 15 is 0 Å². The van der Waals surface area contributed by atoms with Gasteiger partial charge in [-0.2, -0.15) is 0 Å². The molecular weight excluding hydrogens is 376 g/mol. The third-order valence-corrected chi connectivity index (χ3v) is 5.28. The zero-order valence-corrected chi connectivity index (χ0v) is 16.6. The second-order valence-corrected chi connectivity index (χ2v) is 8.20. The Balaban J connectivity index is 2.34. The third-order valence-electron chi connectivity index (χ3n) is 3.78. The van der Waals surface area contributed by atoms with E-state index < -0.39 is 22.0 Å². The van der Waals surface area contributed by atoms with Crippen LogP contribution < -0.4 is 14.4 Å². The van der Waals surface area contributed by atoms with E-state index in [1.807, 2.05) is 13.0 Å². The van der Waals surface area contributed by atoms with Gasteiger partial charge in [0.1, 0.15) is 11.8 Å². The highest BCUT2D eigenvalue weighted by atomic mass is 35.5. The van der Waals surface area contributed by atoms with Crippen LogP contribution in [0.5, 0.6) is 5.75 Å². The lowest BCUT2D eigenvalue weighted by Crippen LogP contribution is -2.45. The molecule has 1 amide bonds. The molecule has 2 rings (SSSR count). The van der Waals surface area contributed by atoms with Gasteiger partial charge in [-0.1, -0.05) is 17.7 Å². The van der Waals surface area contributed by atoms with Crippen LogP contribution in [-0.2, 0) is 14.8 Å². The summed E-state index contributed by atoms with van der Waals surface area (Å²) < 4.78 is 30.9. The summed E-state index contributed by atoms with van der Waals surface area (Å²) in [4.78, 5) is 12.7. The Hall–Kier alpha value is -2.25. The number of amides is 1. The van der Waals surface area contributed by atoms with E-state index in [-0.39, 0.29) is 0 Å². The molecule has 0 aromatic heterocycles. The summed E-state index contributed by atoms with van der Waals surface area (Å²) in [5.41, 5.74) is 1.77. The van der Waals surface area contributed by atoms with Gasteiger partial charge < -0.3 is 10.1 Å². The van der Waals surface area contributed by atoms with Crippen molar-refractivity contribution in [3.8, 4) is 5.75 Å². The Morgan fingerprint density at radius 1 is 1.19 bits per heavy atom. The number of nitrogens with one attached hydrogen (secondary N) is 1. The van der Waals surface area contributed by atoms with Crippen LogP contribution in [0.1, 0.15) is 12.5 Å². The fourth-order valence-corrected chi connectivity index (χ4v) is 3.85. The number of nitrogens with zero attached hydrogens (tertiary/aromatic N) is 1. The average molecular weight is 397 g/mol. The molecule has 140 valence electrons. The van der Waals surface area contributed by atoms with Gasteiger partial charge in [0.25, 0.3) is 0 Å². The van der Waals surface area contributed by atoms with Gasteiger partial charge in [-0.25, -0.2) is 8.42 Å². The van der Waals surface area contributed by atoms with Crippen molar-refractivity contribution in [1.82, 2.24) is 0 Å². The summed E-state index contributed by atoms with van der Waals surface area (Å²) in [6, 6.07) is 10.6. The normalized spacial score (nSPS) is 12.3. The van der Waals surface area contributed by atoms with Crippen LogP contribution in [0.3, 0.4) is 0 Å². The van der Waals surface area contributed by atoms with E-state index in [1.165, 1.54) is 14.0 Å². The first-order chi connectivity index (χ1) is 12.1. The average Bonchev–Trinajstić information content (AvgIpc) is 2.55. The number of hydrogen-bond acceptors (Lipinski definition) is 4. The topological polar surface area (TPSA) is 75.7 Å². The number of methoxy groups -OCH3 is 1. The Morgan fingerprint density at radius 2 is 1.81 bits per heavy atom. The molecule has 0 fully saturated rings. The highest BCUT2D eigenvalue weighted by Gasteiger charge is 2.29. The maximum atomic E-state index is 12.7. The largest absolute Gasteiger partial charge is 0.495 e. The molecule has 0 aliphatic rings. The molecule has 6 nitrogen and oxygen atoms in total. The number of carbonyl (C=O) groups excluding carboxylic acids is 1. The van der Waals surface area contributed by atoms with Crippen LogP contribution in [-0.4, -0.2) is 33.7 Å². The summed E-state index contributed by atoms with van der Waals surface area (Å²) in [5, 5.41) is 3.22. The molecule has 26 heavy (non-hydrogen) atoms. The van der Waals surface area contributed by atoms with Gasteiger partial charge in [0.05, 0.1) is 24.7 Å². The minimum atomic E-state index is -3.69. The maximum absolute atomic E-state index is 12.7. The van der Waals surface area contributed by atoms with Gasteiger partial charge in [-0.05, 0) is 55.8 Å². The highest BCUT2D eigenvalue weighted by molar-refractivity contribution is 7.92. The summed E-state index contributed by atoms with van der Waals surface area (Å²) in [5.74, 6) is 0.0165. The van der Waals surface area contributed by atoms with Gasteiger partial charge in [0.2, 0.25) is 15.9 Å². The van der Waals surface area contributed by atoms with Crippen LogP contribution in [0.2, 0.25) is 5.02 Å². The van der Waals surface area contributed by atoms with Crippen molar-refractivity contribution in [2.24, 2.45) is 0 Å². The Morgan fingerprint density at radius 3 is 2.35 bits per heavy atom. The van der Waals surface area contributed by atoms with Crippen LogP contribution in [0, 0.1) is 6.92 Å². The molecule has 0 saturated carbocycles. The number of anilines is 2. The number of sulfonamides is 1. The molecule has 1 unspecified atom stereocenters. The standard InChI is InChI=1S/C18H21ClN2O4S/c1-12-5-10-17(25-3)16(11-12)20-18(22)13(2)21(26(4,23)24)15-8-6-14(19)7-9-15/h5-11,13H,1-4H3,(H,20,22). The highest BCUT2D eigenvalue weighted by Crippen LogP contribution is 2.27. The minimum Gasteiger partial charge on any atom is -0.495 e. The summed E-state index contributed by atoms with van der Waals surface area (Å²) in [7, 11) is -2.19. The summed E-state index contributed by atoms with van der Waals surface area (Å²) >= 11 is 5.87. The predicted octanol–water partition coefficient (Wildman–Crippen LogP) is 3.45. The molecule has 1 N–H and O–H groups in total. The molecule has 0 radical (unpaired) electrons. The fourth-order valence-electron chi connectivity index (χ4n) is 2.55. The number of hydrogen-bond donors (Lipinski definition) is 1. The van der Waals surface area contributed by atoms with Crippen molar-refractivity contribution in [2.45, 2.75) is 19.9 Å². The molecule has 2 aromatic rings. The van der Waals surface area contributed by atoms with Crippen LogP contribution in [0.15, 0.2) is 42.5 Å². The zero-order valence-electron chi connectivity index (χ0n) is 15.0. The second-order valence-electron chi connectivity index (χ2n) is 5.90. The Kier molecular flexibility index (Phi) is 6.15. The van der Waals surface area contributed by atoms with Crippen LogP contribution in [0.4, 0.5) is 11.4 Å². The van der Waals surface area contributed by atoms with Gasteiger partial charge in [-0.3, -0.25) is 9.10 Å². The van der Waals surface area contributed by atoms with Crippen LogP contribution in [0.25, 0.3) is 0 Å². The quantitative estimate of drug-likeness (QED) is 0.811. The molecule has 0 aliphatic heterocycles. The predicted molar refractivity (Wildman–Crippen MR) is 105 cm³/mol. The molecule has 1 atom stereocenters. The molecule has 0 aliphatic carbocycles. The van der Waals surface area contributed by atoms with E-state index in [4.69, 9.17) is 16.3 Å². The summed E-state index contributed by atoms with van der Waals surface area (Å²) in [6.07, 6.45) is 1.05. The van der Waals surface area contributed by atoms with E-state index in [1.54, 1.807) is 36.4 Å². The van der Waals surface area contributed by atoms with Crippen molar-refractivity contribution < 1.29 is 17.9 Å². The molecule has 2 aromatic carbocycles. The van der Waals surface area contributed by atoms with Crippen LogP contribution >= 0.6 is 11.6 Å². The lowest BCUT2D eigenvalue weighted by molar-refractivity contribution is -0.116. The van der Waals surface area contributed by atoms with Crippen molar-refractivity contribution in [2.75, 3.05) is 23.0 Å². The molecule has 8 heteroatoms. The molecule has 0 heterocycles. The zero-order chi connectivity index (χ0) is 19.5. The molecule has 0 bridgehead atoms. The number of carbonyl (C=O) groups is 1. The first-order valence-corrected chi connectivity index (χ1v) is 10.1. The summed E-state index contributed by atoms with van der Waals surface area (Å²) in [6.45, 7) is 3.41. The lowest BCUT2D eigenvalue weighted by Gasteiger charge is -2.28. The molecular formula is C18H21ClN2O4S. The lowest BCUT2D eigenvalue weighted by atomic mass is 10.2. The van der Waals surface area contributed by atoms with Gasteiger partial charge in [0.15, 0.2) is 0 Å². The van der Waals surface area contributed by atoms with Crippen molar-refractivity contribution in [1.29, 1.82) is 0 Å². The second kappa shape index (κ2) is 7.97. The number of rotatable bonds is 6. The smallest absolute Gasteiger partial charge is 0.248 e. The number of benzene rings is 2. The van der Waals surface area contributed by atoms with Gasteiger partial charge in [-0.15, -0.1) is 0 Å². The monoisotopic (exact) mass is 396 g/mol. The third kappa shape index (κ3) is 4.68. The number of ether oxygens (including phenoxy) is 1. The number of aryl methyl sites for hydroxylation is 1. The van der Waals surface area contributed by atoms with E-state index in [9.17, 15) is 13.2 Å². The Bertz CT molecular complexity index is 898. The minimum absolute atomic E-state index is 0.357. The molecule has 0 saturated heterocycles. The van der Waals surface area contributed by atoms with Crippen molar-refractivity contribution in [3.05, 3.63) is 53.1 Å². The first-order valence-electron chi connectivity index (χ1n) is 7.84.